The summed E-state index contributed by atoms with van der Waals surface area (Å²) < 4.78 is 5.66. The van der Waals surface area contributed by atoms with Crippen LogP contribution >= 0.6 is 0 Å². The van der Waals surface area contributed by atoms with Gasteiger partial charge in [-0.3, -0.25) is 9.59 Å². The van der Waals surface area contributed by atoms with Gasteiger partial charge in [0.2, 0.25) is 0 Å². The molecule has 17 heavy (non-hydrogen) atoms. The van der Waals surface area contributed by atoms with Gasteiger partial charge in [0.15, 0.2) is 5.78 Å². The number of rotatable bonds is 6. The minimum atomic E-state index is -0.879. The molecule has 0 aliphatic rings. The SMILES string of the molecule is CCC(C)OC(C)(C)C(=O)CC(=O)C(C)(C)C. The molecular weight excluding hydrogens is 216 g/mol. The molecule has 0 amide bonds. The summed E-state index contributed by atoms with van der Waals surface area (Å²) in [7, 11) is 0. The standard InChI is InChI=1S/C14H26O3/c1-8-10(2)17-14(6,7)12(16)9-11(15)13(3,4)5/h10H,8-9H2,1-7H3. The maximum absolute atomic E-state index is 12.0. The number of ether oxygens (including phenoxy) is 1. The first-order valence-electron chi connectivity index (χ1n) is 6.25. The lowest BCUT2D eigenvalue weighted by atomic mass is 9.85. The molecule has 0 heterocycles. The molecule has 0 aliphatic carbocycles. The van der Waals surface area contributed by atoms with Gasteiger partial charge in [-0.25, -0.2) is 0 Å². The third-order valence-corrected chi connectivity index (χ3v) is 2.90. The van der Waals surface area contributed by atoms with Gasteiger partial charge in [0.25, 0.3) is 0 Å². The molecular formula is C14H26O3. The first kappa shape index (κ1) is 16.3. The van der Waals surface area contributed by atoms with Crippen molar-refractivity contribution in [2.75, 3.05) is 0 Å². The predicted octanol–water partition coefficient (Wildman–Crippen LogP) is 3.15. The molecule has 0 aromatic carbocycles. The molecule has 0 spiro atoms. The van der Waals surface area contributed by atoms with Gasteiger partial charge in [0.05, 0.1) is 12.5 Å². The quantitative estimate of drug-likeness (QED) is 0.672. The van der Waals surface area contributed by atoms with Gasteiger partial charge in [-0.15, -0.1) is 0 Å². The van der Waals surface area contributed by atoms with Crippen molar-refractivity contribution in [3.05, 3.63) is 0 Å². The summed E-state index contributed by atoms with van der Waals surface area (Å²) in [4.78, 5) is 23.8. The monoisotopic (exact) mass is 242 g/mol. The molecule has 100 valence electrons. The van der Waals surface area contributed by atoms with Crippen LogP contribution in [0.4, 0.5) is 0 Å². The fourth-order valence-corrected chi connectivity index (χ4v) is 1.28. The minimum Gasteiger partial charge on any atom is -0.365 e. The van der Waals surface area contributed by atoms with Crippen LogP contribution in [0.15, 0.2) is 0 Å². The normalized spacial score (nSPS) is 14.5. The van der Waals surface area contributed by atoms with Crippen LogP contribution in [0.2, 0.25) is 0 Å². The molecule has 0 aromatic heterocycles. The van der Waals surface area contributed by atoms with E-state index in [0.29, 0.717) is 0 Å². The Hall–Kier alpha value is -0.700. The highest BCUT2D eigenvalue weighted by Crippen LogP contribution is 2.22. The number of carbonyl (C=O) groups excluding carboxylic acids is 2. The van der Waals surface area contributed by atoms with Gasteiger partial charge in [-0.05, 0) is 27.2 Å². The number of hydrogen-bond acceptors (Lipinski definition) is 3. The summed E-state index contributed by atoms with van der Waals surface area (Å²) in [5, 5.41) is 0. The molecule has 0 rings (SSSR count). The maximum atomic E-state index is 12.0. The highest BCUT2D eigenvalue weighted by atomic mass is 16.5. The molecule has 3 nitrogen and oxygen atoms in total. The van der Waals surface area contributed by atoms with Crippen molar-refractivity contribution in [1.82, 2.24) is 0 Å². The van der Waals surface area contributed by atoms with Crippen LogP contribution in [0.3, 0.4) is 0 Å². The van der Waals surface area contributed by atoms with Crippen molar-refractivity contribution in [1.29, 1.82) is 0 Å². The predicted molar refractivity (Wildman–Crippen MR) is 69.0 cm³/mol. The van der Waals surface area contributed by atoms with Crippen molar-refractivity contribution in [3.63, 3.8) is 0 Å². The Morgan fingerprint density at radius 2 is 1.53 bits per heavy atom. The Morgan fingerprint density at radius 1 is 1.06 bits per heavy atom. The molecule has 0 aromatic rings. The van der Waals surface area contributed by atoms with E-state index in [9.17, 15) is 9.59 Å². The van der Waals surface area contributed by atoms with Gasteiger partial charge >= 0.3 is 0 Å². The average Bonchev–Trinajstić information content (AvgIpc) is 2.15. The molecule has 1 unspecified atom stereocenters. The highest BCUT2D eigenvalue weighted by Gasteiger charge is 2.34. The van der Waals surface area contributed by atoms with Crippen LogP contribution in [0.5, 0.6) is 0 Å². The van der Waals surface area contributed by atoms with Crippen LogP contribution in [-0.2, 0) is 14.3 Å². The molecule has 0 radical (unpaired) electrons. The lowest BCUT2D eigenvalue weighted by molar-refractivity contribution is -0.149. The fourth-order valence-electron chi connectivity index (χ4n) is 1.28. The van der Waals surface area contributed by atoms with E-state index in [1.54, 1.807) is 13.8 Å². The van der Waals surface area contributed by atoms with Crippen LogP contribution < -0.4 is 0 Å². The third-order valence-electron chi connectivity index (χ3n) is 2.90. The molecule has 0 saturated carbocycles. The molecule has 3 heteroatoms. The molecule has 0 N–H and O–H groups in total. The highest BCUT2D eigenvalue weighted by molar-refractivity contribution is 6.04. The van der Waals surface area contributed by atoms with Gasteiger partial charge in [0.1, 0.15) is 11.4 Å². The smallest absolute Gasteiger partial charge is 0.171 e. The lowest BCUT2D eigenvalue weighted by Gasteiger charge is -2.28. The van der Waals surface area contributed by atoms with Crippen molar-refractivity contribution in [2.45, 2.75) is 73.0 Å². The van der Waals surface area contributed by atoms with Crippen LogP contribution in [0.25, 0.3) is 0 Å². The first-order valence-corrected chi connectivity index (χ1v) is 6.25. The second kappa shape index (κ2) is 5.76. The van der Waals surface area contributed by atoms with Crippen molar-refractivity contribution < 1.29 is 14.3 Å². The largest absolute Gasteiger partial charge is 0.365 e. The van der Waals surface area contributed by atoms with E-state index in [1.165, 1.54) is 0 Å². The first-order chi connectivity index (χ1) is 7.50. The Balaban J connectivity index is 4.55. The Kier molecular flexibility index (Phi) is 5.53. The van der Waals surface area contributed by atoms with E-state index in [4.69, 9.17) is 4.74 Å². The zero-order valence-electron chi connectivity index (χ0n) is 12.2. The summed E-state index contributed by atoms with van der Waals surface area (Å²) in [6, 6.07) is 0. The topological polar surface area (TPSA) is 43.4 Å². The van der Waals surface area contributed by atoms with Gasteiger partial charge in [-0.1, -0.05) is 27.7 Å². The lowest BCUT2D eigenvalue weighted by Crippen LogP contribution is -2.40. The van der Waals surface area contributed by atoms with E-state index in [0.717, 1.165) is 6.42 Å². The summed E-state index contributed by atoms with van der Waals surface area (Å²) in [5.41, 5.74) is -1.35. The number of Topliss-reactive ketones (excluding diaryl/α,β-unsaturated/α-hetero) is 2. The zero-order chi connectivity index (χ0) is 13.9. The van der Waals surface area contributed by atoms with Crippen LogP contribution in [-0.4, -0.2) is 23.3 Å². The molecule has 1 atom stereocenters. The molecule has 0 aliphatic heterocycles. The summed E-state index contributed by atoms with van der Waals surface area (Å²) in [5.74, 6) is -0.180. The number of ketones is 2. The van der Waals surface area contributed by atoms with E-state index in [2.05, 4.69) is 0 Å². The van der Waals surface area contributed by atoms with Crippen molar-refractivity contribution in [2.24, 2.45) is 5.41 Å². The molecule has 0 saturated heterocycles. The number of hydrogen-bond donors (Lipinski definition) is 0. The fraction of sp³-hybridized carbons (Fsp3) is 0.857. The summed E-state index contributed by atoms with van der Waals surface area (Å²) in [6.07, 6.45) is 0.829. The van der Waals surface area contributed by atoms with E-state index >= 15 is 0 Å². The third kappa shape index (κ3) is 5.44. The zero-order valence-corrected chi connectivity index (χ0v) is 12.2. The average molecular weight is 242 g/mol. The maximum Gasteiger partial charge on any atom is 0.171 e. The van der Waals surface area contributed by atoms with Gasteiger partial charge in [-0.2, -0.15) is 0 Å². The number of carbonyl (C=O) groups is 2. The molecule has 0 bridgehead atoms. The van der Waals surface area contributed by atoms with Crippen molar-refractivity contribution >= 4 is 11.6 Å². The van der Waals surface area contributed by atoms with E-state index in [1.807, 2.05) is 34.6 Å². The Bertz CT molecular complexity index is 284. The second-order valence-corrected chi connectivity index (χ2v) is 6.12. The Labute approximate surface area is 105 Å². The van der Waals surface area contributed by atoms with Gasteiger partial charge < -0.3 is 4.74 Å². The summed E-state index contributed by atoms with van der Waals surface area (Å²) >= 11 is 0. The molecule has 0 fully saturated rings. The second-order valence-electron chi connectivity index (χ2n) is 6.12. The van der Waals surface area contributed by atoms with Crippen molar-refractivity contribution in [3.8, 4) is 0 Å². The van der Waals surface area contributed by atoms with Gasteiger partial charge in [0, 0.05) is 5.41 Å². The van der Waals surface area contributed by atoms with Crippen LogP contribution in [0, 0.1) is 5.41 Å². The van der Waals surface area contributed by atoms with Crippen LogP contribution in [0.1, 0.15) is 61.3 Å². The summed E-state index contributed by atoms with van der Waals surface area (Å²) in [6.45, 7) is 12.9. The Morgan fingerprint density at radius 3 is 1.88 bits per heavy atom. The van der Waals surface area contributed by atoms with E-state index < -0.39 is 11.0 Å². The van der Waals surface area contributed by atoms with E-state index in [-0.39, 0.29) is 24.1 Å². The minimum absolute atomic E-state index is 0.0266.